The number of hydrogen-bond acceptors (Lipinski definition) is 5. The Bertz CT molecular complexity index is 436. The van der Waals surface area contributed by atoms with Crippen molar-refractivity contribution in [1.82, 2.24) is 0 Å². The molecular formula is C16H24O5. The van der Waals surface area contributed by atoms with E-state index in [-0.39, 0.29) is 30.9 Å². The molecule has 0 amide bonds. The van der Waals surface area contributed by atoms with Crippen LogP contribution in [0.2, 0.25) is 0 Å². The van der Waals surface area contributed by atoms with Gasteiger partial charge in [0.25, 0.3) is 0 Å². The number of ketones is 1. The van der Waals surface area contributed by atoms with Gasteiger partial charge in [0.1, 0.15) is 12.4 Å². The topological polar surface area (TPSA) is 61.8 Å². The summed E-state index contributed by atoms with van der Waals surface area (Å²) in [6.45, 7) is 7.90. The molecule has 0 N–H and O–H groups in total. The Morgan fingerprint density at radius 1 is 1.38 bits per heavy atom. The first-order valence-electron chi connectivity index (χ1n) is 7.19. The largest absolute Gasteiger partial charge is 0.462 e. The summed E-state index contributed by atoms with van der Waals surface area (Å²) >= 11 is 0. The Morgan fingerprint density at radius 2 is 2.10 bits per heavy atom. The highest BCUT2D eigenvalue weighted by Crippen LogP contribution is 2.30. The molecule has 0 aromatic rings. The van der Waals surface area contributed by atoms with Gasteiger partial charge in [-0.3, -0.25) is 4.79 Å². The van der Waals surface area contributed by atoms with Crippen molar-refractivity contribution in [3.05, 3.63) is 23.3 Å². The normalized spacial score (nSPS) is 16.2. The summed E-state index contributed by atoms with van der Waals surface area (Å²) in [5.74, 6) is -0.707. The number of esters is 1. The van der Waals surface area contributed by atoms with Gasteiger partial charge in [-0.1, -0.05) is 5.57 Å². The zero-order chi connectivity index (χ0) is 15.8. The third-order valence-corrected chi connectivity index (χ3v) is 3.31. The molecule has 1 aliphatic rings. The first kappa shape index (κ1) is 17.6. The van der Waals surface area contributed by atoms with Crippen LogP contribution in [0, 0.1) is 0 Å². The fraction of sp³-hybridized carbons (Fsp3) is 0.625. The van der Waals surface area contributed by atoms with Crippen molar-refractivity contribution in [3.8, 4) is 0 Å². The van der Waals surface area contributed by atoms with E-state index >= 15 is 0 Å². The van der Waals surface area contributed by atoms with Crippen LogP contribution in [0.15, 0.2) is 23.3 Å². The molecule has 0 aromatic carbocycles. The molecule has 0 radical (unpaired) electrons. The molecule has 5 nitrogen and oxygen atoms in total. The molecule has 0 spiro atoms. The minimum absolute atomic E-state index is 0.120. The van der Waals surface area contributed by atoms with Crippen LogP contribution in [-0.4, -0.2) is 38.4 Å². The Labute approximate surface area is 125 Å². The molecule has 1 rings (SSSR count). The predicted molar refractivity (Wildman–Crippen MR) is 78.7 cm³/mol. The Hall–Kier alpha value is -1.46. The van der Waals surface area contributed by atoms with E-state index in [1.54, 1.807) is 6.92 Å². The lowest BCUT2D eigenvalue weighted by Crippen LogP contribution is -2.21. The van der Waals surface area contributed by atoms with Crippen molar-refractivity contribution in [2.24, 2.45) is 0 Å². The lowest BCUT2D eigenvalue weighted by Gasteiger charge is -2.20. The third kappa shape index (κ3) is 5.10. The van der Waals surface area contributed by atoms with E-state index in [0.717, 1.165) is 17.6 Å². The number of hydrogen-bond donors (Lipinski definition) is 0. The second-order valence-electron chi connectivity index (χ2n) is 5.10. The number of carbonyl (C=O) groups is 2. The quantitative estimate of drug-likeness (QED) is 0.283. The lowest BCUT2D eigenvalue weighted by atomic mass is 9.99. The highest BCUT2D eigenvalue weighted by molar-refractivity contribution is 6.19. The highest BCUT2D eigenvalue weighted by atomic mass is 16.7. The molecule has 21 heavy (non-hydrogen) atoms. The molecule has 1 aliphatic carbocycles. The maximum atomic E-state index is 12.0. The van der Waals surface area contributed by atoms with E-state index < -0.39 is 5.97 Å². The second-order valence-corrected chi connectivity index (χ2v) is 5.10. The maximum absolute atomic E-state index is 12.0. The molecule has 1 unspecified atom stereocenters. The summed E-state index contributed by atoms with van der Waals surface area (Å²) in [5.41, 5.74) is 1.93. The number of ether oxygens (including phenoxy) is 3. The molecule has 0 saturated carbocycles. The number of methoxy groups -OCH3 is 1. The zero-order valence-corrected chi connectivity index (χ0v) is 13.1. The summed E-state index contributed by atoms with van der Waals surface area (Å²) in [4.78, 5) is 23.9. The Kier molecular flexibility index (Phi) is 7.32. The van der Waals surface area contributed by atoms with Gasteiger partial charge in [0, 0.05) is 13.5 Å². The van der Waals surface area contributed by atoms with Crippen LogP contribution in [0.5, 0.6) is 0 Å². The predicted octanol–water partition coefficient (Wildman–Crippen LogP) is 2.55. The van der Waals surface area contributed by atoms with Gasteiger partial charge in [-0.25, -0.2) is 4.79 Å². The number of Topliss-reactive ketones (excluding diaryl/α,β-unsaturated/α-hetero) is 1. The summed E-state index contributed by atoms with van der Waals surface area (Å²) in [6, 6.07) is 0. The van der Waals surface area contributed by atoms with Gasteiger partial charge >= 0.3 is 5.97 Å². The summed E-state index contributed by atoms with van der Waals surface area (Å²) in [6.07, 6.45) is 2.00. The van der Waals surface area contributed by atoms with Crippen molar-refractivity contribution in [3.63, 3.8) is 0 Å². The van der Waals surface area contributed by atoms with E-state index in [1.807, 2.05) is 6.92 Å². The van der Waals surface area contributed by atoms with E-state index in [4.69, 9.17) is 14.2 Å². The number of rotatable bonds is 9. The minimum atomic E-state index is -0.545. The number of allylic oxidation sites excluding steroid dienone is 1. The summed E-state index contributed by atoms with van der Waals surface area (Å²) in [5, 5.41) is 0. The molecule has 0 bridgehead atoms. The van der Waals surface area contributed by atoms with Gasteiger partial charge in [0.2, 0.25) is 0 Å². The standard InChI is InChI=1S/C16H24O5/c1-5-20-16(18)15-12(7-8-13(15)17)14(21-10-19-4)9-6-11(2)3/h14H,2,5-10H2,1,3-4H3. The second kappa shape index (κ2) is 8.74. The molecule has 1 atom stereocenters. The van der Waals surface area contributed by atoms with E-state index in [2.05, 4.69) is 6.58 Å². The van der Waals surface area contributed by atoms with Crippen LogP contribution in [0.3, 0.4) is 0 Å². The van der Waals surface area contributed by atoms with Crippen LogP contribution in [0.25, 0.3) is 0 Å². The van der Waals surface area contributed by atoms with Crippen molar-refractivity contribution in [2.75, 3.05) is 20.5 Å². The molecule has 5 heteroatoms. The smallest absolute Gasteiger partial charge is 0.341 e. The van der Waals surface area contributed by atoms with E-state index in [0.29, 0.717) is 19.3 Å². The van der Waals surface area contributed by atoms with Crippen LogP contribution in [0.4, 0.5) is 0 Å². The average molecular weight is 296 g/mol. The zero-order valence-electron chi connectivity index (χ0n) is 13.1. The highest BCUT2D eigenvalue weighted by Gasteiger charge is 2.33. The minimum Gasteiger partial charge on any atom is -0.462 e. The van der Waals surface area contributed by atoms with Crippen LogP contribution in [0.1, 0.15) is 39.5 Å². The van der Waals surface area contributed by atoms with Crippen molar-refractivity contribution in [1.29, 1.82) is 0 Å². The molecular weight excluding hydrogens is 272 g/mol. The monoisotopic (exact) mass is 296 g/mol. The summed E-state index contributed by atoms with van der Waals surface area (Å²) < 4.78 is 15.6. The van der Waals surface area contributed by atoms with Crippen LogP contribution >= 0.6 is 0 Å². The average Bonchev–Trinajstić information content (AvgIpc) is 2.81. The fourth-order valence-electron chi connectivity index (χ4n) is 2.33. The van der Waals surface area contributed by atoms with Crippen molar-refractivity contribution < 1.29 is 23.8 Å². The Morgan fingerprint density at radius 3 is 2.67 bits per heavy atom. The Balaban J connectivity index is 2.96. The van der Waals surface area contributed by atoms with Gasteiger partial charge in [-0.15, -0.1) is 6.58 Å². The summed E-state index contributed by atoms with van der Waals surface area (Å²) in [7, 11) is 1.54. The molecule has 118 valence electrons. The SMILES string of the molecule is C=C(C)CCC(OCOC)C1=C(C(=O)OCC)C(=O)CC1. The van der Waals surface area contributed by atoms with Gasteiger partial charge < -0.3 is 14.2 Å². The lowest BCUT2D eigenvalue weighted by molar-refractivity contribution is -0.140. The van der Waals surface area contributed by atoms with Gasteiger partial charge in [0.15, 0.2) is 5.78 Å². The van der Waals surface area contributed by atoms with E-state index in [9.17, 15) is 9.59 Å². The third-order valence-electron chi connectivity index (χ3n) is 3.31. The van der Waals surface area contributed by atoms with Gasteiger partial charge in [-0.05, 0) is 38.7 Å². The molecule has 0 saturated heterocycles. The van der Waals surface area contributed by atoms with Gasteiger partial charge in [-0.2, -0.15) is 0 Å². The molecule has 0 fully saturated rings. The van der Waals surface area contributed by atoms with E-state index in [1.165, 1.54) is 7.11 Å². The van der Waals surface area contributed by atoms with Crippen molar-refractivity contribution >= 4 is 11.8 Å². The molecule has 0 aromatic heterocycles. The van der Waals surface area contributed by atoms with Gasteiger partial charge in [0.05, 0.1) is 12.7 Å². The molecule has 0 aliphatic heterocycles. The molecule has 0 heterocycles. The first-order chi connectivity index (χ1) is 10.0. The number of carbonyl (C=O) groups excluding carboxylic acids is 2. The maximum Gasteiger partial charge on any atom is 0.341 e. The van der Waals surface area contributed by atoms with Crippen LogP contribution in [-0.2, 0) is 23.8 Å². The first-order valence-corrected chi connectivity index (χ1v) is 7.19. The van der Waals surface area contributed by atoms with Crippen molar-refractivity contribution in [2.45, 2.75) is 45.6 Å². The fourth-order valence-corrected chi connectivity index (χ4v) is 2.33. The van der Waals surface area contributed by atoms with Crippen LogP contribution < -0.4 is 0 Å².